The molecule has 0 aliphatic carbocycles. The van der Waals surface area contributed by atoms with Gasteiger partial charge in [0.25, 0.3) is 17.2 Å². The molecule has 2 saturated heterocycles. The summed E-state index contributed by atoms with van der Waals surface area (Å²) < 4.78 is 25.6. The second-order valence-electron chi connectivity index (χ2n) is 7.08. The lowest BCUT2D eigenvalue weighted by Gasteiger charge is -2.43. The predicted octanol–water partition coefficient (Wildman–Crippen LogP) is -0.202. The Bertz CT molecular complexity index is 1060. The highest BCUT2D eigenvalue weighted by Crippen LogP contribution is 2.58. The van der Waals surface area contributed by atoms with Crippen molar-refractivity contribution in [3.63, 3.8) is 0 Å². The lowest BCUT2D eigenvalue weighted by Crippen LogP contribution is -2.64. The zero-order chi connectivity index (χ0) is 23.3. The molecule has 4 rings (SSSR count). The highest BCUT2D eigenvalue weighted by Gasteiger charge is 2.83. The zero-order valence-corrected chi connectivity index (χ0v) is 17.4. The molecule has 32 heavy (non-hydrogen) atoms. The molecule has 2 bridgehead atoms. The van der Waals surface area contributed by atoms with Gasteiger partial charge >= 0.3 is 23.9 Å². The van der Waals surface area contributed by atoms with Crippen molar-refractivity contribution in [2.75, 3.05) is 27.4 Å². The molecule has 1 aromatic carbocycles. The minimum atomic E-state index is -2.73. The van der Waals surface area contributed by atoms with E-state index < -0.39 is 58.3 Å². The molecule has 1 spiro atoms. The maximum atomic E-state index is 13.7. The van der Waals surface area contributed by atoms with Gasteiger partial charge in [0.05, 0.1) is 26.9 Å². The summed E-state index contributed by atoms with van der Waals surface area (Å²) in [5.41, 5.74) is -6.14. The van der Waals surface area contributed by atoms with Crippen LogP contribution in [-0.2, 0) is 47.7 Å². The number of ether oxygens (including phenoxy) is 5. The average Bonchev–Trinajstić information content (AvgIpc) is 3.27. The average molecular weight is 445 g/mol. The highest BCUT2D eigenvalue weighted by molar-refractivity contribution is 6.26. The van der Waals surface area contributed by atoms with E-state index in [0.29, 0.717) is 5.56 Å². The molecule has 168 valence electrons. The number of cyclic esters (lactones) is 1. The van der Waals surface area contributed by atoms with Crippen LogP contribution in [0.2, 0.25) is 0 Å². The third kappa shape index (κ3) is 2.48. The van der Waals surface area contributed by atoms with Crippen LogP contribution in [0.5, 0.6) is 0 Å². The van der Waals surface area contributed by atoms with Gasteiger partial charge in [0.1, 0.15) is 17.8 Å². The first-order valence-electron chi connectivity index (χ1n) is 9.66. The van der Waals surface area contributed by atoms with E-state index in [0.717, 1.165) is 19.1 Å². The van der Waals surface area contributed by atoms with Crippen molar-refractivity contribution in [1.29, 1.82) is 0 Å². The van der Waals surface area contributed by atoms with Crippen molar-refractivity contribution in [3.8, 4) is 0 Å². The molecule has 2 fully saturated rings. The van der Waals surface area contributed by atoms with E-state index in [9.17, 15) is 24.0 Å². The fourth-order valence-electron chi connectivity index (χ4n) is 4.31. The van der Waals surface area contributed by atoms with Crippen LogP contribution in [0, 0.1) is 0 Å². The standard InChI is InChI=1S/C21H19NO10/c1-4-30-18(26)20-13(15(23)28-2)14(16(24)29-3)21(32-20)19(27)31-10-12(22(21)17(20)25)11-8-6-5-7-9-11/h5-9,12H,4,10H2,1-3H3/t12-,20-,21-/m0/s1. The van der Waals surface area contributed by atoms with Crippen LogP contribution in [0.3, 0.4) is 0 Å². The Morgan fingerprint density at radius 2 is 1.69 bits per heavy atom. The zero-order valence-electron chi connectivity index (χ0n) is 17.4. The van der Waals surface area contributed by atoms with E-state index in [4.69, 9.17) is 23.7 Å². The number of methoxy groups -OCH3 is 2. The molecule has 0 N–H and O–H groups in total. The number of rotatable bonds is 5. The number of fused-ring (bicyclic) bond motifs is 1. The molecular weight excluding hydrogens is 426 g/mol. The normalized spacial score (nSPS) is 28.2. The first-order valence-corrected chi connectivity index (χ1v) is 9.66. The first-order chi connectivity index (χ1) is 15.3. The van der Waals surface area contributed by atoms with E-state index in [1.54, 1.807) is 30.3 Å². The van der Waals surface area contributed by atoms with Gasteiger partial charge in [-0.05, 0) is 12.5 Å². The molecule has 3 aliphatic rings. The first kappa shape index (κ1) is 21.5. The second-order valence-corrected chi connectivity index (χ2v) is 7.08. The van der Waals surface area contributed by atoms with Crippen LogP contribution in [0.15, 0.2) is 41.5 Å². The Balaban J connectivity index is 2.05. The summed E-state index contributed by atoms with van der Waals surface area (Å²) >= 11 is 0. The van der Waals surface area contributed by atoms with Gasteiger partial charge in [-0.2, -0.15) is 0 Å². The molecule has 3 aliphatic heterocycles. The molecule has 0 aromatic heterocycles. The maximum Gasteiger partial charge on any atom is 0.365 e. The number of morpholine rings is 1. The van der Waals surface area contributed by atoms with Crippen molar-refractivity contribution < 1.29 is 47.7 Å². The number of carbonyl (C=O) groups excluding carboxylic acids is 5. The fraction of sp³-hybridized carbons (Fsp3) is 0.381. The van der Waals surface area contributed by atoms with Crippen molar-refractivity contribution in [3.05, 3.63) is 47.0 Å². The molecule has 1 amide bonds. The van der Waals surface area contributed by atoms with E-state index in [-0.39, 0.29) is 13.2 Å². The summed E-state index contributed by atoms with van der Waals surface area (Å²) in [6.07, 6.45) is 0. The minimum absolute atomic E-state index is 0.168. The number of benzene rings is 1. The number of carbonyl (C=O) groups is 5. The van der Waals surface area contributed by atoms with Crippen molar-refractivity contribution in [2.45, 2.75) is 24.3 Å². The van der Waals surface area contributed by atoms with Crippen molar-refractivity contribution >= 4 is 29.8 Å². The van der Waals surface area contributed by atoms with Gasteiger partial charge in [0.15, 0.2) is 0 Å². The van der Waals surface area contributed by atoms with E-state index >= 15 is 0 Å². The van der Waals surface area contributed by atoms with Gasteiger partial charge in [-0.3, -0.25) is 9.69 Å². The van der Waals surface area contributed by atoms with E-state index in [1.807, 2.05) is 0 Å². The summed E-state index contributed by atoms with van der Waals surface area (Å²) in [6.45, 7) is 1.05. The number of amides is 1. The molecule has 11 heteroatoms. The number of hydrogen-bond acceptors (Lipinski definition) is 10. The smallest absolute Gasteiger partial charge is 0.365 e. The lowest BCUT2D eigenvalue weighted by atomic mass is 9.81. The molecule has 1 aromatic rings. The molecule has 11 nitrogen and oxygen atoms in total. The molecular formula is C21H19NO10. The van der Waals surface area contributed by atoms with Gasteiger partial charge < -0.3 is 23.7 Å². The third-order valence-electron chi connectivity index (χ3n) is 5.59. The molecule has 0 radical (unpaired) electrons. The van der Waals surface area contributed by atoms with Crippen LogP contribution in [0.25, 0.3) is 0 Å². The number of esters is 4. The van der Waals surface area contributed by atoms with Gasteiger partial charge in [0, 0.05) is 0 Å². The van der Waals surface area contributed by atoms with Gasteiger partial charge in [-0.15, -0.1) is 0 Å². The Kier molecular flexibility index (Phi) is 5.00. The quantitative estimate of drug-likeness (QED) is 0.341. The lowest BCUT2D eigenvalue weighted by molar-refractivity contribution is -0.204. The summed E-state index contributed by atoms with van der Waals surface area (Å²) in [7, 11) is 2.00. The summed E-state index contributed by atoms with van der Waals surface area (Å²) in [6, 6.07) is 7.59. The molecule has 3 heterocycles. The van der Waals surface area contributed by atoms with Crippen molar-refractivity contribution in [2.24, 2.45) is 0 Å². The van der Waals surface area contributed by atoms with Crippen LogP contribution < -0.4 is 0 Å². The Morgan fingerprint density at radius 1 is 1.06 bits per heavy atom. The van der Waals surface area contributed by atoms with Crippen LogP contribution in [0.4, 0.5) is 0 Å². The van der Waals surface area contributed by atoms with Gasteiger partial charge in [-0.1, -0.05) is 30.3 Å². The SMILES string of the molecule is CCOC(=O)[C@@]12O[C@]3(C(=O)OC[C@@H](c4ccccc4)N3C1=O)C(C(=O)OC)=C2C(=O)OC. The Morgan fingerprint density at radius 3 is 2.28 bits per heavy atom. The molecule has 3 atom stereocenters. The van der Waals surface area contributed by atoms with Gasteiger partial charge in [0.2, 0.25) is 0 Å². The van der Waals surface area contributed by atoms with E-state index in [1.165, 1.54) is 6.92 Å². The summed E-state index contributed by atoms with van der Waals surface area (Å²) in [4.78, 5) is 66.4. The topological polar surface area (TPSA) is 135 Å². The van der Waals surface area contributed by atoms with Gasteiger partial charge in [-0.25, -0.2) is 19.2 Å². The molecule has 0 unspecified atom stereocenters. The summed E-state index contributed by atoms with van der Waals surface area (Å²) in [5, 5.41) is 0. The highest BCUT2D eigenvalue weighted by atomic mass is 16.7. The number of hydrogen-bond donors (Lipinski definition) is 0. The van der Waals surface area contributed by atoms with Crippen LogP contribution in [-0.4, -0.2) is 73.4 Å². The van der Waals surface area contributed by atoms with E-state index in [2.05, 4.69) is 0 Å². The molecule has 0 saturated carbocycles. The predicted molar refractivity (Wildman–Crippen MR) is 101 cm³/mol. The second kappa shape index (κ2) is 7.45. The maximum absolute atomic E-state index is 13.7. The largest absolute Gasteiger partial charge is 0.466 e. The van der Waals surface area contributed by atoms with Crippen molar-refractivity contribution in [1.82, 2.24) is 4.90 Å². The monoisotopic (exact) mass is 445 g/mol. The minimum Gasteiger partial charge on any atom is -0.466 e. The number of nitrogens with zero attached hydrogens (tertiary/aromatic N) is 1. The summed E-state index contributed by atoms with van der Waals surface area (Å²) in [5.74, 6) is -5.85. The fourth-order valence-corrected chi connectivity index (χ4v) is 4.31. The Hall–Kier alpha value is -3.73. The van der Waals surface area contributed by atoms with Crippen LogP contribution in [0.1, 0.15) is 18.5 Å². The Labute approximate surface area is 181 Å². The van der Waals surface area contributed by atoms with Crippen LogP contribution >= 0.6 is 0 Å². The third-order valence-corrected chi connectivity index (χ3v) is 5.59.